The molecule has 3 amide bonds. The van der Waals surface area contributed by atoms with Crippen molar-refractivity contribution in [2.45, 2.75) is 25.9 Å². The van der Waals surface area contributed by atoms with Crippen LogP contribution in [0.3, 0.4) is 0 Å². The molecule has 0 saturated carbocycles. The Morgan fingerprint density at radius 2 is 2.03 bits per heavy atom. The Balaban J connectivity index is 1.54. The predicted molar refractivity (Wildman–Crippen MR) is 135 cm³/mol. The van der Waals surface area contributed by atoms with Crippen molar-refractivity contribution in [3.05, 3.63) is 42.2 Å². The summed E-state index contributed by atoms with van der Waals surface area (Å²) in [5, 5.41) is 3.58. The van der Waals surface area contributed by atoms with Gasteiger partial charge in [0.1, 0.15) is 18.1 Å². The van der Waals surface area contributed by atoms with Gasteiger partial charge in [-0.05, 0) is 31.0 Å². The number of aromatic nitrogens is 2. The van der Waals surface area contributed by atoms with E-state index in [1.54, 1.807) is 42.2 Å². The average Bonchev–Trinajstić information content (AvgIpc) is 2.90. The molecule has 1 fully saturated rings. The van der Waals surface area contributed by atoms with E-state index in [9.17, 15) is 9.59 Å². The van der Waals surface area contributed by atoms with Gasteiger partial charge in [-0.2, -0.15) is 0 Å². The summed E-state index contributed by atoms with van der Waals surface area (Å²) < 4.78 is 12.0. The van der Waals surface area contributed by atoms with E-state index in [1.165, 1.54) is 18.3 Å². The highest BCUT2D eigenvalue weighted by molar-refractivity contribution is 6.21. The summed E-state index contributed by atoms with van der Waals surface area (Å²) in [7, 11) is 1.54. The Morgan fingerprint density at radius 3 is 2.75 bits per heavy atom. The Labute approximate surface area is 208 Å². The van der Waals surface area contributed by atoms with Crippen molar-refractivity contribution in [2.75, 3.05) is 30.4 Å². The lowest BCUT2D eigenvalue weighted by Crippen LogP contribution is -2.41. The summed E-state index contributed by atoms with van der Waals surface area (Å²) in [6.07, 6.45) is 8.03. The van der Waals surface area contributed by atoms with Crippen LogP contribution < -0.4 is 19.7 Å². The van der Waals surface area contributed by atoms with Gasteiger partial charge in [-0.15, -0.1) is 6.42 Å². The zero-order valence-corrected chi connectivity index (χ0v) is 19.9. The van der Waals surface area contributed by atoms with Gasteiger partial charge in [0, 0.05) is 37.6 Å². The second-order valence-corrected chi connectivity index (χ2v) is 8.32. The van der Waals surface area contributed by atoms with Crippen LogP contribution >= 0.6 is 0 Å². The third-order valence-electron chi connectivity index (χ3n) is 6.21. The van der Waals surface area contributed by atoms with E-state index in [0.717, 1.165) is 0 Å². The summed E-state index contributed by atoms with van der Waals surface area (Å²) in [6.45, 7) is 2.71. The zero-order valence-electron chi connectivity index (χ0n) is 19.9. The maximum atomic E-state index is 13.4. The molecule has 5 rings (SSSR count). The van der Waals surface area contributed by atoms with Crippen molar-refractivity contribution in [1.29, 1.82) is 0 Å². The first-order chi connectivity index (χ1) is 17.5. The van der Waals surface area contributed by atoms with Crippen LogP contribution in [0.25, 0.3) is 10.9 Å². The number of terminal acetylenes is 1. The number of nitrogens with one attached hydrogen (secondary N) is 1. The summed E-state index contributed by atoms with van der Waals surface area (Å²) in [5.41, 5.74) is 2.27. The van der Waals surface area contributed by atoms with Crippen molar-refractivity contribution in [3.8, 4) is 35.7 Å². The van der Waals surface area contributed by atoms with Crippen LogP contribution in [0.4, 0.5) is 22.0 Å². The van der Waals surface area contributed by atoms with Crippen LogP contribution in [0.5, 0.6) is 11.5 Å². The molecule has 0 unspecified atom stereocenters. The van der Waals surface area contributed by atoms with Crippen LogP contribution in [0, 0.1) is 24.2 Å². The van der Waals surface area contributed by atoms with Gasteiger partial charge in [-0.25, -0.2) is 19.7 Å². The highest BCUT2D eigenvalue weighted by atomic mass is 16.5. The number of likely N-dealkylation sites (tertiary alicyclic amines) is 1. The smallest absolute Gasteiger partial charge is 0.332 e. The highest BCUT2D eigenvalue weighted by Crippen LogP contribution is 2.48. The molecule has 1 aromatic heterocycles. The molecule has 2 aliphatic heterocycles. The lowest BCUT2D eigenvalue weighted by Gasteiger charge is -2.33. The van der Waals surface area contributed by atoms with Crippen LogP contribution in [-0.2, 0) is 4.79 Å². The van der Waals surface area contributed by atoms with E-state index in [0.29, 0.717) is 71.1 Å². The molecule has 0 bridgehead atoms. The molecule has 9 heteroatoms. The summed E-state index contributed by atoms with van der Waals surface area (Å²) in [6, 6.07) is 8.47. The topological polar surface area (TPSA) is 96.9 Å². The molecule has 9 nitrogen and oxygen atoms in total. The fourth-order valence-corrected chi connectivity index (χ4v) is 4.49. The molecule has 3 aromatic rings. The number of urea groups is 1. The van der Waals surface area contributed by atoms with Gasteiger partial charge in [0.2, 0.25) is 0 Å². The van der Waals surface area contributed by atoms with E-state index < -0.39 is 6.03 Å². The number of anilines is 3. The molecule has 1 saturated heterocycles. The van der Waals surface area contributed by atoms with Crippen LogP contribution in [0.15, 0.2) is 36.7 Å². The number of rotatable bonds is 4. The van der Waals surface area contributed by atoms with Gasteiger partial charge in [-0.1, -0.05) is 17.9 Å². The average molecular weight is 482 g/mol. The first kappa shape index (κ1) is 23.0. The van der Waals surface area contributed by atoms with E-state index in [2.05, 4.69) is 33.0 Å². The summed E-state index contributed by atoms with van der Waals surface area (Å²) in [5.74, 6) is 8.90. The maximum absolute atomic E-state index is 13.4. The molecular weight excluding hydrogens is 458 g/mol. The van der Waals surface area contributed by atoms with Crippen LogP contribution in [0.1, 0.15) is 25.3 Å². The molecule has 0 spiro atoms. The number of nitrogens with zero attached hydrogens (tertiary/aromatic N) is 4. The SMILES string of the molecule is C#Cc1cccc(N2C(=O)Nc3c(OC4CCN(C(=O)C#CC)CC4)c(OC)cc4ncnc2c34)c1. The normalized spacial score (nSPS) is 15.0. The molecule has 0 atom stereocenters. The third-order valence-corrected chi connectivity index (χ3v) is 6.21. The van der Waals surface area contributed by atoms with E-state index in [4.69, 9.17) is 15.9 Å². The van der Waals surface area contributed by atoms with Gasteiger partial charge >= 0.3 is 6.03 Å². The number of hydrogen-bond acceptors (Lipinski definition) is 6. The second kappa shape index (κ2) is 9.47. The van der Waals surface area contributed by atoms with Gasteiger partial charge in [0.15, 0.2) is 17.3 Å². The fourth-order valence-electron chi connectivity index (χ4n) is 4.49. The minimum atomic E-state index is -0.409. The largest absolute Gasteiger partial charge is 0.493 e. The number of hydrogen-bond donors (Lipinski definition) is 1. The maximum Gasteiger partial charge on any atom is 0.332 e. The predicted octanol–water partition coefficient (Wildman–Crippen LogP) is 3.70. The summed E-state index contributed by atoms with van der Waals surface area (Å²) >= 11 is 0. The Kier molecular flexibility index (Phi) is 6.05. The van der Waals surface area contributed by atoms with Crippen LogP contribution in [-0.4, -0.2) is 53.1 Å². The Morgan fingerprint density at radius 1 is 1.22 bits per heavy atom. The summed E-state index contributed by atoms with van der Waals surface area (Å²) in [4.78, 5) is 37.5. The van der Waals surface area contributed by atoms with Crippen LogP contribution in [0.2, 0.25) is 0 Å². The Hall–Kier alpha value is -4.76. The van der Waals surface area contributed by atoms with E-state index in [-0.39, 0.29) is 12.0 Å². The number of carbonyl (C=O) groups excluding carboxylic acids is 2. The first-order valence-corrected chi connectivity index (χ1v) is 11.5. The van der Waals surface area contributed by atoms with Crippen molar-refractivity contribution in [3.63, 3.8) is 0 Å². The quantitative estimate of drug-likeness (QED) is 0.571. The molecule has 0 aliphatic carbocycles. The molecule has 2 aromatic carbocycles. The number of methoxy groups -OCH3 is 1. The number of benzene rings is 2. The van der Waals surface area contributed by atoms with Crippen molar-refractivity contribution < 1.29 is 19.1 Å². The second-order valence-electron chi connectivity index (χ2n) is 8.32. The molecule has 1 N–H and O–H groups in total. The number of carbonyl (C=O) groups is 2. The van der Waals surface area contributed by atoms with Crippen molar-refractivity contribution in [1.82, 2.24) is 14.9 Å². The van der Waals surface area contributed by atoms with Gasteiger partial charge in [0.25, 0.3) is 5.91 Å². The minimum Gasteiger partial charge on any atom is -0.493 e. The molecule has 0 radical (unpaired) electrons. The van der Waals surface area contributed by atoms with E-state index in [1.807, 2.05) is 0 Å². The molecule has 2 aliphatic rings. The van der Waals surface area contributed by atoms with Gasteiger partial charge in [-0.3, -0.25) is 4.79 Å². The fraction of sp³-hybridized carbons (Fsp3) is 0.259. The molecule has 3 heterocycles. The molecule has 180 valence electrons. The van der Waals surface area contributed by atoms with Gasteiger partial charge in [0.05, 0.1) is 23.7 Å². The standard InChI is InChI=1S/C27H23N5O4/c1-4-7-22(33)31-12-10-19(11-13-31)36-25-21(35-3)15-20-23-24(25)30-27(34)32(26(23)29-16-28-20)18-9-6-8-17(5-2)14-18/h2,6,8-9,14-16,19H,10-13H2,1,3H3,(H,30,34). The van der Waals surface area contributed by atoms with Crippen molar-refractivity contribution >= 4 is 40.0 Å². The zero-order chi connectivity index (χ0) is 25.2. The minimum absolute atomic E-state index is 0.179. The van der Waals surface area contributed by atoms with E-state index >= 15 is 0 Å². The number of piperidine rings is 1. The molecular formula is C27H23N5O4. The van der Waals surface area contributed by atoms with Gasteiger partial charge < -0.3 is 19.7 Å². The monoisotopic (exact) mass is 481 g/mol. The molecule has 36 heavy (non-hydrogen) atoms. The highest BCUT2D eigenvalue weighted by Gasteiger charge is 2.34. The lowest BCUT2D eigenvalue weighted by molar-refractivity contribution is -0.126. The van der Waals surface area contributed by atoms with Crippen molar-refractivity contribution in [2.24, 2.45) is 0 Å². The third kappa shape index (κ3) is 4.01. The Bertz CT molecular complexity index is 1480. The number of ether oxygens (including phenoxy) is 2. The first-order valence-electron chi connectivity index (χ1n) is 11.5. The lowest BCUT2D eigenvalue weighted by atomic mass is 10.1. The number of amides is 3.